The number of halogens is 1. The number of guanidine groups is 1. The minimum absolute atomic E-state index is 0. The van der Waals surface area contributed by atoms with Crippen molar-refractivity contribution in [3.05, 3.63) is 30.3 Å². The fraction of sp³-hybridized carbons (Fsp3) is 0.667. The molecule has 0 aromatic heterocycles. The minimum atomic E-state index is -0.148. The van der Waals surface area contributed by atoms with Crippen LogP contribution >= 0.6 is 24.0 Å². The zero-order chi connectivity index (χ0) is 19.7. The maximum Gasteiger partial charge on any atom is 0.193 e. The highest BCUT2D eigenvalue weighted by Gasteiger charge is 2.33. The van der Waals surface area contributed by atoms with Crippen molar-refractivity contribution in [3.8, 4) is 5.75 Å². The average Bonchev–Trinajstić information content (AvgIpc) is 2.76. The van der Waals surface area contributed by atoms with Gasteiger partial charge in [0.1, 0.15) is 12.4 Å². The van der Waals surface area contributed by atoms with Gasteiger partial charge in [-0.1, -0.05) is 18.2 Å². The molecule has 0 aliphatic carbocycles. The molecular weight excluding hydrogens is 483 g/mol. The Balaban J connectivity index is 0.00000300. The molecule has 2 fully saturated rings. The van der Waals surface area contributed by atoms with Gasteiger partial charge >= 0.3 is 0 Å². The Labute approximate surface area is 191 Å². The number of methoxy groups -OCH3 is 1. The number of hydrogen-bond acceptors (Lipinski definition) is 5. The van der Waals surface area contributed by atoms with Crippen molar-refractivity contribution in [2.24, 2.45) is 4.99 Å². The molecule has 2 aliphatic heterocycles. The molecule has 1 aromatic rings. The average molecular weight is 518 g/mol. The molecule has 0 unspecified atom stereocenters. The summed E-state index contributed by atoms with van der Waals surface area (Å²) in [6.45, 7) is 7.92. The second-order valence-corrected chi connectivity index (χ2v) is 7.39. The van der Waals surface area contributed by atoms with Crippen LogP contribution in [0.5, 0.6) is 5.75 Å². The second-order valence-electron chi connectivity index (χ2n) is 7.39. The molecule has 2 aliphatic rings. The number of para-hydroxylation sites is 1. The summed E-state index contributed by atoms with van der Waals surface area (Å²) < 4.78 is 17.1. The second kappa shape index (κ2) is 12.6. The molecule has 3 rings (SSSR count). The van der Waals surface area contributed by atoms with Crippen LogP contribution in [-0.2, 0) is 9.47 Å². The van der Waals surface area contributed by atoms with Gasteiger partial charge < -0.3 is 24.4 Å². The van der Waals surface area contributed by atoms with Gasteiger partial charge in [-0.05, 0) is 12.1 Å². The fourth-order valence-corrected chi connectivity index (χ4v) is 3.76. The number of nitrogens with one attached hydrogen (secondary N) is 1. The van der Waals surface area contributed by atoms with E-state index in [4.69, 9.17) is 14.2 Å². The lowest BCUT2D eigenvalue weighted by molar-refractivity contribution is -0.0858. The predicted octanol–water partition coefficient (Wildman–Crippen LogP) is 2.07. The van der Waals surface area contributed by atoms with Crippen LogP contribution in [-0.4, -0.2) is 94.6 Å². The van der Waals surface area contributed by atoms with E-state index in [0.717, 1.165) is 83.6 Å². The smallest absolute Gasteiger partial charge is 0.193 e. The highest BCUT2D eigenvalue weighted by atomic mass is 127. The Kier molecular flexibility index (Phi) is 10.5. The quantitative estimate of drug-likeness (QED) is 0.339. The van der Waals surface area contributed by atoms with Gasteiger partial charge in [0, 0.05) is 79.5 Å². The monoisotopic (exact) mass is 518 g/mol. The van der Waals surface area contributed by atoms with Crippen molar-refractivity contribution < 1.29 is 14.2 Å². The molecule has 0 radical (unpaired) electrons. The standard InChI is InChI=1S/C21H34N4O3.HI/c1-22-20(23-18-21(26-2)8-15-27-16-9-21)25-12-10-24(11-13-25)14-17-28-19-6-4-3-5-7-19;/h3-7H,8-18H2,1-2H3,(H,22,23);1H. The third-order valence-corrected chi connectivity index (χ3v) is 5.71. The first-order chi connectivity index (χ1) is 13.7. The lowest BCUT2D eigenvalue weighted by Gasteiger charge is -2.39. The first kappa shape index (κ1) is 24.2. The first-order valence-corrected chi connectivity index (χ1v) is 10.2. The van der Waals surface area contributed by atoms with E-state index in [1.807, 2.05) is 37.4 Å². The molecule has 1 aromatic carbocycles. The molecule has 0 amide bonds. The summed E-state index contributed by atoms with van der Waals surface area (Å²) >= 11 is 0. The van der Waals surface area contributed by atoms with Gasteiger partial charge in [0.2, 0.25) is 0 Å². The molecule has 7 nitrogen and oxygen atoms in total. The SMILES string of the molecule is CN=C(NCC1(OC)CCOCC1)N1CCN(CCOc2ccccc2)CC1.I. The van der Waals surface area contributed by atoms with E-state index in [9.17, 15) is 0 Å². The number of nitrogens with zero attached hydrogens (tertiary/aromatic N) is 3. The van der Waals surface area contributed by atoms with E-state index in [0.29, 0.717) is 0 Å². The van der Waals surface area contributed by atoms with Crippen LogP contribution in [0.3, 0.4) is 0 Å². The predicted molar refractivity (Wildman–Crippen MR) is 127 cm³/mol. The lowest BCUT2D eigenvalue weighted by atomic mass is 9.94. The van der Waals surface area contributed by atoms with Gasteiger partial charge in [0.15, 0.2) is 5.96 Å². The molecular formula is C21H35IN4O3. The van der Waals surface area contributed by atoms with Gasteiger partial charge in [-0.2, -0.15) is 0 Å². The molecule has 0 atom stereocenters. The third kappa shape index (κ3) is 7.27. The molecule has 1 N–H and O–H groups in total. The van der Waals surface area contributed by atoms with E-state index >= 15 is 0 Å². The van der Waals surface area contributed by atoms with E-state index < -0.39 is 0 Å². The fourth-order valence-electron chi connectivity index (χ4n) is 3.76. The molecule has 2 heterocycles. The Morgan fingerprint density at radius 3 is 2.45 bits per heavy atom. The van der Waals surface area contributed by atoms with Gasteiger partial charge in [-0.3, -0.25) is 9.89 Å². The van der Waals surface area contributed by atoms with Crippen LogP contribution in [0, 0.1) is 0 Å². The van der Waals surface area contributed by atoms with Crippen LogP contribution in [0.25, 0.3) is 0 Å². The van der Waals surface area contributed by atoms with Crippen LogP contribution in [0.1, 0.15) is 12.8 Å². The van der Waals surface area contributed by atoms with Crippen molar-refractivity contribution in [1.82, 2.24) is 15.1 Å². The Morgan fingerprint density at radius 2 is 1.83 bits per heavy atom. The van der Waals surface area contributed by atoms with Crippen molar-refractivity contribution in [2.45, 2.75) is 18.4 Å². The molecule has 164 valence electrons. The van der Waals surface area contributed by atoms with E-state index in [-0.39, 0.29) is 29.6 Å². The van der Waals surface area contributed by atoms with E-state index in [2.05, 4.69) is 20.1 Å². The zero-order valence-corrected chi connectivity index (χ0v) is 20.0. The third-order valence-electron chi connectivity index (χ3n) is 5.71. The number of ether oxygens (including phenoxy) is 3. The van der Waals surface area contributed by atoms with Crippen molar-refractivity contribution in [3.63, 3.8) is 0 Å². The summed E-state index contributed by atoms with van der Waals surface area (Å²) in [6.07, 6.45) is 1.84. The van der Waals surface area contributed by atoms with Crippen molar-refractivity contribution in [2.75, 3.05) is 73.2 Å². The van der Waals surface area contributed by atoms with Crippen LogP contribution in [0.4, 0.5) is 0 Å². The number of aliphatic imine (C=N–C) groups is 1. The van der Waals surface area contributed by atoms with Gasteiger partial charge in [0.25, 0.3) is 0 Å². The molecule has 29 heavy (non-hydrogen) atoms. The summed E-state index contributed by atoms with van der Waals surface area (Å²) in [6, 6.07) is 10.0. The van der Waals surface area contributed by atoms with Crippen LogP contribution in [0.15, 0.2) is 35.3 Å². The summed E-state index contributed by atoms with van der Waals surface area (Å²) in [7, 11) is 3.65. The number of benzene rings is 1. The summed E-state index contributed by atoms with van der Waals surface area (Å²) in [5, 5.41) is 3.53. The maximum absolute atomic E-state index is 5.82. The molecule has 0 spiro atoms. The van der Waals surface area contributed by atoms with Crippen LogP contribution in [0.2, 0.25) is 0 Å². The summed E-state index contributed by atoms with van der Waals surface area (Å²) in [5.41, 5.74) is -0.148. The van der Waals surface area contributed by atoms with Gasteiger partial charge in [-0.25, -0.2) is 0 Å². The molecule has 2 saturated heterocycles. The normalized spacial score (nSPS) is 20.1. The Bertz CT molecular complexity index is 603. The largest absolute Gasteiger partial charge is 0.492 e. The number of rotatable bonds is 7. The highest BCUT2D eigenvalue weighted by molar-refractivity contribution is 14.0. The Hall–Kier alpha value is -1.10. The minimum Gasteiger partial charge on any atom is -0.492 e. The number of piperazine rings is 1. The summed E-state index contributed by atoms with van der Waals surface area (Å²) in [4.78, 5) is 9.27. The maximum atomic E-state index is 5.82. The summed E-state index contributed by atoms with van der Waals surface area (Å²) in [5.74, 6) is 1.90. The van der Waals surface area contributed by atoms with E-state index in [1.165, 1.54) is 0 Å². The first-order valence-electron chi connectivity index (χ1n) is 10.2. The molecule has 0 saturated carbocycles. The highest BCUT2D eigenvalue weighted by Crippen LogP contribution is 2.23. The zero-order valence-electron chi connectivity index (χ0n) is 17.6. The van der Waals surface area contributed by atoms with E-state index in [1.54, 1.807) is 7.11 Å². The molecule has 8 heteroatoms. The van der Waals surface area contributed by atoms with Crippen LogP contribution < -0.4 is 10.1 Å². The number of hydrogen-bond donors (Lipinski definition) is 1. The lowest BCUT2D eigenvalue weighted by Crippen LogP contribution is -2.56. The van der Waals surface area contributed by atoms with Gasteiger partial charge in [-0.15, -0.1) is 24.0 Å². The molecule has 0 bridgehead atoms. The van der Waals surface area contributed by atoms with Gasteiger partial charge in [0.05, 0.1) is 5.60 Å². The van der Waals surface area contributed by atoms with Crippen molar-refractivity contribution in [1.29, 1.82) is 0 Å². The van der Waals surface area contributed by atoms with Crippen molar-refractivity contribution >= 4 is 29.9 Å². The topological polar surface area (TPSA) is 58.6 Å². The Morgan fingerprint density at radius 1 is 1.14 bits per heavy atom.